The summed E-state index contributed by atoms with van der Waals surface area (Å²) in [6, 6.07) is -1.54. The fraction of sp³-hybridized carbons (Fsp3) is 0.725. The standard InChI is InChI=1S/C40H70NO10P/c1-3-5-7-9-10-11-12-13-14-15-16-17-18-19-20-21-22-23-24-25-26-28-30-32-39(44)49-33-36(42)34-50-52(47,48)51-35-37(40(45)46)41-38(43)31-29-27-8-6-4-2/h10-11,13-14,16-17,19-20,36-37,42H,3-9,12,15,18,21-35H2,1-2H3,(H,41,43)(H,45,46)(H,47,48)/b11-10-,14-13-,17-16-,20-19-. The topological polar surface area (TPSA) is 169 Å². The molecular weight excluding hydrogens is 685 g/mol. The van der Waals surface area contributed by atoms with Crippen molar-refractivity contribution in [3.63, 3.8) is 0 Å². The van der Waals surface area contributed by atoms with Crippen LogP contribution < -0.4 is 5.32 Å². The fourth-order valence-corrected chi connectivity index (χ4v) is 5.77. The third-order valence-electron chi connectivity index (χ3n) is 8.12. The third-order valence-corrected chi connectivity index (χ3v) is 9.07. The first-order chi connectivity index (χ1) is 25.1. The highest BCUT2D eigenvalue weighted by Gasteiger charge is 2.28. The predicted molar refractivity (Wildman–Crippen MR) is 208 cm³/mol. The van der Waals surface area contributed by atoms with E-state index in [0.29, 0.717) is 12.8 Å². The second kappa shape index (κ2) is 35.5. The predicted octanol–water partition coefficient (Wildman–Crippen LogP) is 9.44. The van der Waals surface area contributed by atoms with Gasteiger partial charge in [0.2, 0.25) is 5.91 Å². The molecule has 1 amide bonds. The summed E-state index contributed by atoms with van der Waals surface area (Å²) in [6.45, 7) is 2.40. The number of allylic oxidation sites excluding steroid dienone is 8. The zero-order valence-electron chi connectivity index (χ0n) is 32.1. The molecule has 0 fully saturated rings. The third kappa shape index (κ3) is 34.5. The molecule has 300 valence electrons. The maximum Gasteiger partial charge on any atom is 0.472 e. The summed E-state index contributed by atoms with van der Waals surface area (Å²) < 4.78 is 26.6. The minimum Gasteiger partial charge on any atom is -0.480 e. The lowest BCUT2D eigenvalue weighted by molar-refractivity contribution is -0.147. The van der Waals surface area contributed by atoms with Gasteiger partial charge >= 0.3 is 19.8 Å². The minimum atomic E-state index is -4.74. The Labute approximate surface area is 314 Å². The van der Waals surface area contributed by atoms with Crippen molar-refractivity contribution in [3.8, 4) is 0 Å². The molecule has 11 nitrogen and oxygen atoms in total. The van der Waals surface area contributed by atoms with E-state index in [0.717, 1.165) is 77.0 Å². The summed E-state index contributed by atoms with van der Waals surface area (Å²) in [5.74, 6) is -2.41. The Morgan fingerprint density at radius 2 is 1.06 bits per heavy atom. The summed E-state index contributed by atoms with van der Waals surface area (Å²) in [4.78, 5) is 45.3. The van der Waals surface area contributed by atoms with Crippen LogP contribution in [0.5, 0.6) is 0 Å². The normalized spacial score (nSPS) is 14.4. The Morgan fingerprint density at radius 1 is 0.615 bits per heavy atom. The van der Waals surface area contributed by atoms with E-state index >= 15 is 0 Å². The van der Waals surface area contributed by atoms with Crippen LogP contribution >= 0.6 is 7.82 Å². The van der Waals surface area contributed by atoms with E-state index < -0.39 is 57.6 Å². The Balaban J connectivity index is 3.84. The number of nitrogens with one attached hydrogen (secondary N) is 1. The number of ether oxygens (including phenoxy) is 1. The van der Waals surface area contributed by atoms with Gasteiger partial charge in [-0.25, -0.2) is 9.36 Å². The van der Waals surface area contributed by atoms with Crippen molar-refractivity contribution in [3.05, 3.63) is 48.6 Å². The largest absolute Gasteiger partial charge is 0.480 e. The molecule has 0 aromatic heterocycles. The van der Waals surface area contributed by atoms with Gasteiger partial charge in [-0.3, -0.25) is 18.6 Å². The number of carbonyl (C=O) groups is 3. The molecule has 0 heterocycles. The number of aliphatic hydroxyl groups is 1. The number of carboxylic acids is 1. The second-order valence-electron chi connectivity index (χ2n) is 13.1. The van der Waals surface area contributed by atoms with E-state index in [1.807, 2.05) is 0 Å². The molecule has 0 aromatic carbocycles. The maximum absolute atomic E-state index is 12.1. The number of phosphoric ester groups is 1. The number of phosphoric acid groups is 1. The smallest absolute Gasteiger partial charge is 0.472 e. The van der Waals surface area contributed by atoms with Crippen molar-refractivity contribution in [2.45, 2.75) is 167 Å². The first kappa shape index (κ1) is 49.4. The Bertz CT molecular complexity index is 1070. The van der Waals surface area contributed by atoms with Gasteiger partial charge in [-0.1, -0.05) is 133 Å². The van der Waals surface area contributed by atoms with Crippen LogP contribution in [-0.2, 0) is 32.7 Å². The van der Waals surface area contributed by atoms with E-state index in [4.69, 9.17) is 13.8 Å². The molecule has 0 spiro atoms. The van der Waals surface area contributed by atoms with Crippen LogP contribution in [0.3, 0.4) is 0 Å². The van der Waals surface area contributed by atoms with E-state index in [1.54, 1.807) is 0 Å². The highest BCUT2D eigenvalue weighted by molar-refractivity contribution is 7.47. The number of carboxylic acid groups (broad SMARTS) is 1. The molecule has 3 unspecified atom stereocenters. The van der Waals surface area contributed by atoms with Crippen LogP contribution in [0.2, 0.25) is 0 Å². The van der Waals surface area contributed by atoms with E-state index in [1.165, 1.54) is 38.5 Å². The number of unbranched alkanes of at least 4 members (excludes halogenated alkanes) is 14. The van der Waals surface area contributed by atoms with Gasteiger partial charge in [0.25, 0.3) is 0 Å². The number of hydrogen-bond acceptors (Lipinski definition) is 8. The average molecular weight is 756 g/mol. The van der Waals surface area contributed by atoms with Crippen molar-refractivity contribution < 1.29 is 47.8 Å². The van der Waals surface area contributed by atoms with Crippen molar-refractivity contribution in [1.29, 1.82) is 0 Å². The van der Waals surface area contributed by atoms with Crippen LogP contribution in [0.15, 0.2) is 48.6 Å². The summed E-state index contributed by atoms with van der Waals surface area (Å²) in [5, 5.41) is 21.6. The van der Waals surface area contributed by atoms with Crippen LogP contribution in [0.4, 0.5) is 0 Å². The Kier molecular flexibility index (Phi) is 33.7. The lowest BCUT2D eigenvalue weighted by atomic mass is 10.1. The SMILES string of the molecule is CCCCC/C=C\C/C=C\C/C=C\C/C=C\CCCCCCCCCC(=O)OCC(O)COP(=O)(O)OCC(NC(=O)CCCCCCC)C(=O)O. The van der Waals surface area contributed by atoms with E-state index in [9.17, 15) is 34.1 Å². The lowest BCUT2D eigenvalue weighted by Gasteiger charge is -2.18. The number of aliphatic hydroxyl groups excluding tert-OH is 1. The summed E-state index contributed by atoms with van der Waals surface area (Å²) >= 11 is 0. The maximum atomic E-state index is 12.1. The molecule has 0 aliphatic rings. The summed E-state index contributed by atoms with van der Waals surface area (Å²) in [7, 11) is -4.74. The monoisotopic (exact) mass is 755 g/mol. The highest BCUT2D eigenvalue weighted by Crippen LogP contribution is 2.43. The molecule has 12 heteroatoms. The number of esters is 1. The van der Waals surface area contributed by atoms with Gasteiger partial charge in [0.15, 0.2) is 6.04 Å². The quantitative estimate of drug-likeness (QED) is 0.0209. The molecule has 0 saturated heterocycles. The van der Waals surface area contributed by atoms with Crippen molar-refractivity contribution in [1.82, 2.24) is 5.32 Å². The number of rotatable bonds is 36. The van der Waals surface area contributed by atoms with Gasteiger partial charge in [-0.05, 0) is 57.8 Å². The number of aliphatic carboxylic acids is 1. The fourth-order valence-electron chi connectivity index (χ4n) is 5.00. The van der Waals surface area contributed by atoms with Crippen LogP contribution in [0.25, 0.3) is 0 Å². The zero-order valence-corrected chi connectivity index (χ0v) is 33.0. The second-order valence-corrected chi connectivity index (χ2v) is 14.6. The number of amides is 1. The molecule has 52 heavy (non-hydrogen) atoms. The molecular formula is C40H70NO10P. The van der Waals surface area contributed by atoms with Gasteiger partial charge in [0, 0.05) is 12.8 Å². The van der Waals surface area contributed by atoms with Gasteiger partial charge < -0.3 is 25.2 Å². The van der Waals surface area contributed by atoms with Crippen molar-refractivity contribution in [2.24, 2.45) is 0 Å². The summed E-state index contributed by atoms with van der Waals surface area (Å²) in [5.41, 5.74) is 0. The van der Waals surface area contributed by atoms with E-state index in [2.05, 4.69) is 67.8 Å². The minimum absolute atomic E-state index is 0.139. The zero-order chi connectivity index (χ0) is 38.5. The molecule has 0 aliphatic heterocycles. The molecule has 0 aromatic rings. The van der Waals surface area contributed by atoms with Gasteiger partial charge in [0.1, 0.15) is 12.7 Å². The Morgan fingerprint density at radius 3 is 1.62 bits per heavy atom. The van der Waals surface area contributed by atoms with Gasteiger partial charge in [-0.2, -0.15) is 0 Å². The molecule has 0 saturated carbocycles. The van der Waals surface area contributed by atoms with Gasteiger partial charge in [0.05, 0.1) is 13.2 Å². The average Bonchev–Trinajstić information content (AvgIpc) is 3.11. The van der Waals surface area contributed by atoms with E-state index in [-0.39, 0.29) is 12.8 Å². The van der Waals surface area contributed by atoms with Crippen molar-refractivity contribution >= 4 is 25.7 Å². The molecule has 0 aliphatic carbocycles. The Hall–Kier alpha value is -2.56. The van der Waals surface area contributed by atoms with Crippen LogP contribution in [0.1, 0.15) is 155 Å². The first-order valence-corrected chi connectivity index (χ1v) is 21.2. The first-order valence-electron chi connectivity index (χ1n) is 19.7. The van der Waals surface area contributed by atoms with Crippen LogP contribution in [-0.4, -0.2) is 64.9 Å². The summed E-state index contributed by atoms with van der Waals surface area (Å²) in [6.07, 6.45) is 37.8. The van der Waals surface area contributed by atoms with Gasteiger partial charge in [-0.15, -0.1) is 0 Å². The number of carbonyl (C=O) groups excluding carboxylic acids is 2. The lowest BCUT2D eigenvalue weighted by Crippen LogP contribution is -2.43. The van der Waals surface area contributed by atoms with Crippen molar-refractivity contribution in [2.75, 3.05) is 19.8 Å². The molecule has 4 N–H and O–H groups in total. The van der Waals surface area contributed by atoms with Crippen LogP contribution in [0, 0.1) is 0 Å². The molecule has 0 rings (SSSR count). The highest BCUT2D eigenvalue weighted by atomic mass is 31.2. The molecule has 0 radical (unpaired) electrons. The number of hydrogen-bond donors (Lipinski definition) is 4. The molecule has 3 atom stereocenters. The molecule has 0 bridgehead atoms.